The number of nitrogens with zero attached hydrogens (tertiary/aromatic N) is 4. The van der Waals surface area contributed by atoms with Crippen LogP contribution >= 0.6 is 0 Å². The number of amides is 2. The van der Waals surface area contributed by atoms with Gasteiger partial charge in [-0.2, -0.15) is 9.61 Å². The van der Waals surface area contributed by atoms with E-state index in [2.05, 4.69) is 10.4 Å². The molecule has 0 radical (unpaired) electrons. The molecule has 1 aromatic carbocycles. The van der Waals surface area contributed by atoms with Crippen LogP contribution in [-0.2, 0) is 11.3 Å². The summed E-state index contributed by atoms with van der Waals surface area (Å²) in [5, 5.41) is 18.2. The zero-order chi connectivity index (χ0) is 25.6. The van der Waals surface area contributed by atoms with E-state index in [9.17, 15) is 19.5 Å². The van der Waals surface area contributed by atoms with Gasteiger partial charge in [-0.3, -0.25) is 19.0 Å². The summed E-state index contributed by atoms with van der Waals surface area (Å²) in [4.78, 5) is 40.8. The first-order valence-corrected chi connectivity index (χ1v) is 12.1. The van der Waals surface area contributed by atoms with E-state index >= 15 is 0 Å². The van der Waals surface area contributed by atoms with E-state index in [1.807, 2.05) is 38.1 Å². The van der Waals surface area contributed by atoms with Crippen LogP contribution in [-0.4, -0.2) is 50.3 Å². The Morgan fingerprint density at radius 2 is 2.03 bits per heavy atom. The SMILES string of the molecule is Cc1nn2c(=O)c(C(=O)NC3CC3)c(O)n(CC(C)C)c2c1/C=C/C(=O)N1CCOc2ccccc21. The van der Waals surface area contributed by atoms with E-state index in [4.69, 9.17) is 4.74 Å². The molecule has 0 saturated heterocycles. The predicted octanol–water partition coefficient (Wildman–Crippen LogP) is 2.50. The molecular formula is C26H29N5O5. The fourth-order valence-corrected chi connectivity index (χ4v) is 4.43. The number of carbonyl (C=O) groups is 2. The largest absolute Gasteiger partial charge is 0.494 e. The minimum Gasteiger partial charge on any atom is -0.494 e. The van der Waals surface area contributed by atoms with E-state index in [1.54, 1.807) is 17.9 Å². The van der Waals surface area contributed by atoms with Gasteiger partial charge in [-0.1, -0.05) is 26.0 Å². The van der Waals surface area contributed by atoms with Crippen LogP contribution in [0.25, 0.3) is 11.7 Å². The summed E-state index contributed by atoms with van der Waals surface area (Å²) in [6, 6.07) is 7.37. The summed E-state index contributed by atoms with van der Waals surface area (Å²) in [5.41, 5.74) is 1.02. The standard InChI is InChI=1S/C26H29N5O5/c1-15(2)14-30-24-18(10-11-21(32)29-12-13-36-20-7-5-4-6-19(20)29)16(3)28-31(24)26(35)22(25(30)34)23(33)27-17-8-9-17/h4-7,10-11,15,17,34H,8-9,12-14H2,1-3H3,(H,27,33)/b11-10+. The van der Waals surface area contributed by atoms with E-state index in [-0.39, 0.29) is 23.4 Å². The highest BCUT2D eigenvalue weighted by Crippen LogP contribution is 2.31. The molecule has 1 fully saturated rings. The van der Waals surface area contributed by atoms with Gasteiger partial charge in [-0.15, -0.1) is 0 Å². The van der Waals surface area contributed by atoms with Gasteiger partial charge in [0.2, 0.25) is 5.88 Å². The molecule has 3 aromatic rings. The first-order chi connectivity index (χ1) is 17.3. The highest BCUT2D eigenvalue weighted by Gasteiger charge is 2.30. The van der Waals surface area contributed by atoms with Crippen molar-refractivity contribution in [2.24, 2.45) is 5.92 Å². The maximum Gasteiger partial charge on any atom is 0.291 e. The summed E-state index contributed by atoms with van der Waals surface area (Å²) in [6.45, 7) is 6.80. The highest BCUT2D eigenvalue weighted by atomic mass is 16.5. The number of anilines is 1. The van der Waals surface area contributed by atoms with Gasteiger partial charge in [0.15, 0.2) is 5.56 Å². The third kappa shape index (κ3) is 4.23. The molecule has 0 atom stereocenters. The summed E-state index contributed by atoms with van der Waals surface area (Å²) in [6.07, 6.45) is 4.75. The van der Waals surface area contributed by atoms with Gasteiger partial charge in [-0.25, -0.2) is 0 Å². The molecule has 3 heterocycles. The molecule has 1 saturated carbocycles. The first kappa shape index (κ1) is 23.7. The van der Waals surface area contributed by atoms with Crippen LogP contribution in [0.4, 0.5) is 5.69 Å². The number of rotatable bonds is 6. The van der Waals surface area contributed by atoms with Gasteiger partial charge in [0.1, 0.15) is 18.0 Å². The Bertz CT molecular complexity index is 1450. The number of carbonyl (C=O) groups excluding carboxylic acids is 2. The van der Waals surface area contributed by atoms with Crippen molar-refractivity contribution in [1.29, 1.82) is 0 Å². The van der Waals surface area contributed by atoms with Gasteiger partial charge >= 0.3 is 0 Å². The Morgan fingerprint density at radius 3 is 2.75 bits per heavy atom. The summed E-state index contributed by atoms with van der Waals surface area (Å²) >= 11 is 0. The Labute approximate surface area is 207 Å². The van der Waals surface area contributed by atoms with Crippen molar-refractivity contribution in [2.45, 2.75) is 46.2 Å². The van der Waals surface area contributed by atoms with Crippen LogP contribution in [0, 0.1) is 12.8 Å². The maximum atomic E-state index is 13.3. The van der Waals surface area contributed by atoms with Gasteiger partial charge in [0.25, 0.3) is 17.4 Å². The minimum atomic E-state index is -0.697. The Hall–Kier alpha value is -4.08. The summed E-state index contributed by atoms with van der Waals surface area (Å²) in [5.74, 6) is -0.509. The van der Waals surface area contributed by atoms with E-state index < -0.39 is 17.3 Å². The zero-order valence-electron chi connectivity index (χ0n) is 20.5. The molecular weight excluding hydrogens is 462 g/mol. The average molecular weight is 492 g/mol. The molecule has 10 heteroatoms. The van der Waals surface area contributed by atoms with Crippen LogP contribution in [0.3, 0.4) is 0 Å². The van der Waals surface area contributed by atoms with Crippen LogP contribution < -0.4 is 20.5 Å². The summed E-state index contributed by atoms with van der Waals surface area (Å²) < 4.78 is 8.31. The second-order valence-corrected chi connectivity index (χ2v) is 9.63. The predicted molar refractivity (Wildman–Crippen MR) is 135 cm³/mol. The number of aromatic hydroxyl groups is 1. The monoisotopic (exact) mass is 491 g/mol. The van der Waals surface area contributed by atoms with Gasteiger partial charge in [0, 0.05) is 24.2 Å². The number of hydrogen-bond acceptors (Lipinski definition) is 6. The number of aromatic nitrogens is 3. The lowest BCUT2D eigenvalue weighted by molar-refractivity contribution is -0.114. The van der Waals surface area contributed by atoms with Crippen molar-refractivity contribution in [2.75, 3.05) is 18.1 Å². The van der Waals surface area contributed by atoms with Crippen molar-refractivity contribution in [1.82, 2.24) is 19.5 Å². The Kier molecular flexibility index (Phi) is 6.03. The summed E-state index contributed by atoms with van der Waals surface area (Å²) in [7, 11) is 0. The zero-order valence-corrected chi connectivity index (χ0v) is 20.5. The van der Waals surface area contributed by atoms with Crippen LogP contribution in [0.15, 0.2) is 35.1 Å². The fourth-order valence-electron chi connectivity index (χ4n) is 4.43. The van der Waals surface area contributed by atoms with Gasteiger partial charge < -0.3 is 20.1 Å². The lowest BCUT2D eigenvalue weighted by Gasteiger charge is -2.28. The molecule has 0 bridgehead atoms. The molecule has 5 rings (SSSR count). The molecule has 10 nitrogen and oxygen atoms in total. The van der Waals surface area contributed by atoms with Gasteiger partial charge in [0.05, 0.1) is 17.9 Å². The quantitative estimate of drug-likeness (QED) is 0.512. The number of fused-ring (bicyclic) bond motifs is 2. The molecule has 2 aromatic heterocycles. The number of ether oxygens (including phenoxy) is 1. The second-order valence-electron chi connectivity index (χ2n) is 9.63. The van der Waals surface area contributed by atoms with E-state index in [0.29, 0.717) is 48.0 Å². The van der Waals surface area contributed by atoms with Gasteiger partial charge in [-0.05, 0) is 43.9 Å². The minimum absolute atomic E-state index is 0.0275. The third-order valence-corrected chi connectivity index (χ3v) is 6.30. The van der Waals surface area contributed by atoms with Crippen LogP contribution in [0.1, 0.15) is 48.3 Å². The van der Waals surface area contributed by atoms with Crippen LogP contribution in [0.5, 0.6) is 11.6 Å². The number of hydrogen-bond donors (Lipinski definition) is 2. The van der Waals surface area contributed by atoms with Crippen molar-refractivity contribution in [3.05, 3.63) is 57.5 Å². The van der Waals surface area contributed by atoms with Crippen molar-refractivity contribution >= 4 is 29.2 Å². The average Bonchev–Trinajstić information content (AvgIpc) is 3.60. The maximum absolute atomic E-state index is 13.3. The van der Waals surface area contributed by atoms with Crippen LogP contribution in [0.2, 0.25) is 0 Å². The first-order valence-electron chi connectivity index (χ1n) is 12.1. The lowest BCUT2D eigenvalue weighted by atomic mass is 10.1. The number of para-hydroxylation sites is 2. The molecule has 0 spiro atoms. The Balaban J connectivity index is 1.58. The molecule has 1 aliphatic heterocycles. The molecule has 1 aliphatic carbocycles. The van der Waals surface area contributed by atoms with E-state index in [0.717, 1.165) is 17.4 Å². The fraction of sp³-hybridized carbons (Fsp3) is 0.385. The second kappa shape index (κ2) is 9.18. The lowest BCUT2D eigenvalue weighted by Crippen LogP contribution is -2.36. The normalized spacial score (nSPS) is 15.4. The molecule has 2 amide bonds. The molecule has 0 unspecified atom stereocenters. The topological polar surface area (TPSA) is 118 Å². The van der Waals surface area contributed by atoms with E-state index in [1.165, 1.54) is 10.6 Å². The molecule has 36 heavy (non-hydrogen) atoms. The molecule has 188 valence electrons. The molecule has 2 aliphatic rings. The van der Waals surface area contributed by atoms with Crippen molar-refractivity contribution in [3.8, 4) is 11.6 Å². The molecule has 2 N–H and O–H groups in total. The van der Waals surface area contributed by atoms with Crippen molar-refractivity contribution in [3.63, 3.8) is 0 Å². The number of benzene rings is 1. The van der Waals surface area contributed by atoms with Crippen molar-refractivity contribution < 1.29 is 19.4 Å². The smallest absolute Gasteiger partial charge is 0.291 e. The third-order valence-electron chi connectivity index (χ3n) is 6.30. The Morgan fingerprint density at radius 1 is 1.28 bits per heavy atom. The highest BCUT2D eigenvalue weighted by molar-refractivity contribution is 6.05. The number of aryl methyl sites for hydroxylation is 1. The number of nitrogens with one attached hydrogen (secondary N) is 1.